The van der Waals surface area contributed by atoms with Crippen molar-refractivity contribution in [3.8, 4) is 0 Å². The molecule has 0 N–H and O–H groups in total. The van der Waals surface area contributed by atoms with Gasteiger partial charge in [0.05, 0.1) is 17.0 Å². The second-order valence-corrected chi connectivity index (χ2v) is 7.81. The second kappa shape index (κ2) is 8.56. The first-order valence-electron chi connectivity index (χ1n) is 9.76. The van der Waals surface area contributed by atoms with Crippen LogP contribution in [0.3, 0.4) is 0 Å². The smallest absolute Gasteiger partial charge is 0.363 e. The zero-order valence-electron chi connectivity index (χ0n) is 16.3. The van der Waals surface area contributed by atoms with Crippen molar-refractivity contribution in [2.24, 2.45) is 5.92 Å². The van der Waals surface area contributed by atoms with Crippen molar-refractivity contribution < 1.29 is 22.9 Å². The number of anilines is 1. The maximum Gasteiger partial charge on any atom is 0.416 e. The molecule has 0 unspecified atom stereocenters. The number of piperazine rings is 1. The highest BCUT2D eigenvalue weighted by molar-refractivity contribution is 5.78. The van der Waals surface area contributed by atoms with Crippen LogP contribution in [0.15, 0.2) is 18.2 Å². The quantitative estimate of drug-likeness (QED) is 0.560. The van der Waals surface area contributed by atoms with Crippen molar-refractivity contribution >= 4 is 17.3 Å². The minimum absolute atomic E-state index is 0.0884. The highest BCUT2D eigenvalue weighted by atomic mass is 19.4. The Balaban J connectivity index is 1.62. The Bertz CT molecular complexity index is 764. The molecule has 2 heterocycles. The largest absolute Gasteiger partial charge is 0.416 e. The first-order valence-corrected chi connectivity index (χ1v) is 9.76. The molecule has 160 valence electrons. The van der Waals surface area contributed by atoms with Crippen LogP contribution in [0.1, 0.15) is 25.3 Å². The summed E-state index contributed by atoms with van der Waals surface area (Å²) in [4.78, 5) is 28.6. The molecule has 1 aromatic rings. The molecule has 0 aromatic heterocycles. The van der Waals surface area contributed by atoms with Gasteiger partial charge in [0, 0.05) is 45.3 Å². The van der Waals surface area contributed by atoms with Crippen molar-refractivity contribution in [2.75, 3.05) is 50.7 Å². The zero-order valence-corrected chi connectivity index (χ0v) is 16.3. The van der Waals surface area contributed by atoms with Crippen LogP contribution in [0.5, 0.6) is 0 Å². The fourth-order valence-electron chi connectivity index (χ4n) is 3.97. The van der Waals surface area contributed by atoms with E-state index in [-0.39, 0.29) is 11.6 Å². The lowest BCUT2D eigenvalue weighted by molar-refractivity contribution is -0.384. The molecule has 3 rings (SSSR count). The van der Waals surface area contributed by atoms with E-state index in [2.05, 4.69) is 6.92 Å². The number of benzene rings is 1. The molecule has 2 saturated heterocycles. The van der Waals surface area contributed by atoms with Gasteiger partial charge in [-0.15, -0.1) is 0 Å². The van der Waals surface area contributed by atoms with Gasteiger partial charge in [-0.25, -0.2) is 0 Å². The molecule has 7 nitrogen and oxygen atoms in total. The lowest BCUT2D eigenvalue weighted by atomic mass is 10.0. The topological polar surface area (TPSA) is 69.9 Å². The van der Waals surface area contributed by atoms with Crippen molar-refractivity contribution in [3.05, 3.63) is 33.9 Å². The van der Waals surface area contributed by atoms with E-state index >= 15 is 0 Å². The molecule has 1 amide bonds. The molecule has 1 atom stereocenters. The van der Waals surface area contributed by atoms with Crippen LogP contribution in [0.4, 0.5) is 24.5 Å². The van der Waals surface area contributed by atoms with Crippen LogP contribution in [-0.2, 0) is 11.0 Å². The molecule has 10 heteroatoms. The number of piperidine rings is 1. The van der Waals surface area contributed by atoms with Crippen LogP contribution >= 0.6 is 0 Å². The lowest BCUT2D eigenvalue weighted by Crippen LogP contribution is -2.51. The third kappa shape index (κ3) is 5.17. The SMILES string of the molecule is C[C@@H]1CCCN(C(=O)CN2CCN(c3ccc(C(F)(F)F)cc3[N+](=O)[O-])CC2)C1. The Morgan fingerprint density at radius 2 is 1.90 bits per heavy atom. The standard InChI is InChI=1S/C19H25F3N4O3/c1-14-3-2-6-25(12-14)18(27)13-23-7-9-24(10-8-23)16-5-4-15(19(20,21)22)11-17(16)26(28)29/h4-5,11,14H,2-3,6-10,12-13H2,1H3/t14-/m1/s1. The van der Waals surface area contributed by atoms with E-state index in [0.717, 1.165) is 38.1 Å². The molecule has 2 aliphatic rings. The molecular weight excluding hydrogens is 389 g/mol. The third-order valence-electron chi connectivity index (χ3n) is 5.58. The number of nitro benzene ring substituents is 1. The number of rotatable bonds is 4. The van der Waals surface area contributed by atoms with E-state index < -0.39 is 22.4 Å². The van der Waals surface area contributed by atoms with Crippen LogP contribution in [0, 0.1) is 16.0 Å². The minimum Gasteiger partial charge on any atom is -0.363 e. The lowest BCUT2D eigenvalue weighted by Gasteiger charge is -2.37. The highest BCUT2D eigenvalue weighted by Gasteiger charge is 2.34. The van der Waals surface area contributed by atoms with E-state index in [1.165, 1.54) is 0 Å². The van der Waals surface area contributed by atoms with Gasteiger partial charge >= 0.3 is 6.18 Å². The molecular formula is C19H25F3N4O3. The fraction of sp³-hybridized carbons (Fsp3) is 0.632. The molecule has 2 fully saturated rings. The Hall–Kier alpha value is -2.36. The summed E-state index contributed by atoms with van der Waals surface area (Å²) < 4.78 is 38.6. The van der Waals surface area contributed by atoms with Crippen molar-refractivity contribution in [3.63, 3.8) is 0 Å². The predicted molar refractivity (Wildman–Crippen MR) is 102 cm³/mol. The van der Waals surface area contributed by atoms with E-state index in [9.17, 15) is 28.1 Å². The first kappa shape index (κ1) is 21.4. The van der Waals surface area contributed by atoms with Gasteiger partial charge in [0.2, 0.25) is 5.91 Å². The summed E-state index contributed by atoms with van der Waals surface area (Å²) in [6, 6.07) is 2.62. The van der Waals surface area contributed by atoms with Gasteiger partial charge in [-0.2, -0.15) is 13.2 Å². The summed E-state index contributed by atoms with van der Waals surface area (Å²) in [5.41, 5.74) is -1.40. The molecule has 0 bridgehead atoms. The number of carbonyl (C=O) groups excluding carboxylic acids is 1. The van der Waals surface area contributed by atoms with Gasteiger partial charge in [-0.3, -0.25) is 19.8 Å². The summed E-state index contributed by atoms with van der Waals surface area (Å²) in [5, 5.41) is 11.3. The Kier molecular flexibility index (Phi) is 6.30. The number of halogens is 3. The number of alkyl halides is 3. The predicted octanol–water partition coefficient (Wildman–Crippen LogP) is 2.99. The van der Waals surface area contributed by atoms with Crippen LogP contribution in [0.2, 0.25) is 0 Å². The summed E-state index contributed by atoms with van der Waals surface area (Å²) in [6.45, 7) is 5.86. The zero-order chi connectivity index (χ0) is 21.2. The van der Waals surface area contributed by atoms with Crippen molar-refractivity contribution in [2.45, 2.75) is 25.9 Å². The van der Waals surface area contributed by atoms with E-state index in [0.29, 0.717) is 44.7 Å². The van der Waals surface area contributed by atoms with Crippen molar-refractivity contribution in [1.82, 2.24) is 9.80 Å². The maximum absolute atomic E-state index is 12.9. The van der Waals surface area contributed by atoms with E-state index in [1.54, 1.807) is 4.90 Å². The normalized spacial score (nSPS) is 21.3. The van der Waals surface area contributed by atoms with Gasteiger partial charge in [0.15, 0.2) is 0 Å². The molecule has 0 saturated carbocycles. The highest BCUT2D eigenvalue weighted by Crippen LogP contribution is 2.36. The van der Waals surface area contributed by atoms with Crippen molar-refractivity contribution in [1.29, 1.82) is 0 Å². The maximum atomic E-state index is 12.9. The number of hydrogen-bond acceptors (Lipinski definition) is 5. The monoisotopic (exact) mass is 414 g/mol. The Labute approximate surface area is 167 Å². The summed E-state index contributed by atoms with van der Waals surface area (Å²) in [6.07, 6.45) is -2.49. The van der Waals surface area contributed by atoms with Crippen LogP contribution in [0.25, 0.3) is 0 Å². The van der Waals surface area contributed by atoms with Gasteiger partial charge in [0.25, 0.3) is 5.69 Å². The summed E-state index contributed by atoms with van der Waals surface area (Å²) in [7, 11) is 0. The molecule has 29 heavy (non-hydrogen) atoms. The number of nitro groups is 1. The Morgan fingerprint density at radius 1 is 1.21 bits per heavy atom. The van der Waals surface area contributed by atoms with Gasteiger partial charge in [0.1, 0.15) is 5.69 Å². The second-order valence-electron chi connectivity index (χ2n) is 7.81. The summed E-state index contributed by atoms with van der Waals surface area (Å²) in [5.74, 6) is 0.593. The first-order chi connectivity index (χ1) is 13.6. The average molecular weight is 414 g/mol. The minimum atomic E-state index is -4.63. The van der Waals surface area contributed by atoms with Gasteiger partial charge in [-0.1, -0.05) is 6.92 Å². The third-order valence-corrected chi connectivity index (χ3v) is 5.58. The molecule has 0 spiro atoms. The van der Waals surface area contributed by atoms with Gasteiger partial charge < -0.3 is 9.80 Å². The van der Waals surface area contributed by atoms with E-state index in [1.807, 2.05) is 9.80 Å². The van der Waals surface area contributed by atoms with Crippen LogP contribution < -0.4 is 4.90 Å². The summed E-state index contributed by atoms with van der Waals surface area (Å²) >= 11 is 0. The Morgan fingerprint density at radius 3 is 2.48 bits per heavy atom. The molecule has 2 aliphatic heterocycles. The average Bonchev–Trinajstić information content (AvgIpc) is 2.67. The molecule has 0 aliphatic carbocycles. The number of amides is 1. The van der Waals surface area contributed by atoms with Gasteiger partial charge in [-0.05, 0) is 30.9 Å². The van der Waals surface area contributed by atoms with E-state index in [4.69, 9.17) is 0 Å². The number of hydrogen-bond donors (Lipinski definition) is 0. The number of carbonyl (C=O) groups is 1. The molecule has 1 aromatic carbocycles. The fourth-order valence-corrected chi connectivity index (χ4v) is 3.97. The number of nitrogens with zero attached hydrogens (tertiary/aromatic N) is 4. The number of likely N-dealkylation sites (tertiary alicyclic amines) is 1. The van der Waals surface area contributed by atoms with Crippen LogP contribution in [-0.4, -0.2) is 66.4 Å². The molecule has 0 radical (unpaired) electrons.